The van der Waals surface area contributed by atoms with Gasteiger partial charge in [-0.15, -0.1) is 6.42 Å². The minimum absolute atomic E-state index is 0.00201. The summed E-state index contributed by atoms with van der Waals surface area (Å²) < 4.78 is 1.78. The van der Waals surface area contributed by atoms with E-state index in [2.05, 4.69) is 5.92 Å². The molecule has 0 fully saturated rings. The van der Waals surface area contributed by atoms with Crippen molar-refractivity contribution in [2.24, 2.45) is 0 Å². The molecule has 1 aromatic carbocycles. The van der Waals surface area contributed by atoms with E-state index in [-0.39, 0.29) is 17.7 Å². The Balaban J connectivity index is 2.69. The molecule has 5 nitrogen and oxygen atoms in total. The highest BCUT2D eigenvalue weighted by Crippen LogP contribution is 2.00. The molecule has 1 heterocycles. The number of benzene rings is 1. The summed E-state index contributed by atoms with van der Waals surface area (Å²) in [6, 6.07) is 8.15. The average molecular weight is 268 g/mol. The molecular weight excluding hydrogens is 256 g/mol. The first kappa shape index (κ1) is 13.6. The van der Waals surface area contributed by atoms with Crippen LogP contribution in [0.15, 0.2) is 46.1 Å². The quantitative estimate of drug-likeness (QED) is 0.751. The maximum absolute atomic E-state index is 12.3. The van der Waals surface area contributed by atoms with E-state index < -0.39 is 17.2 Å². The van der Waals surface area contributed by atoms with Gasteiger partial charge in [0.1, 0.15) is 0 Å². The van der Waals surface area contributed by atoms with Crippen molar-refractivity contribution in [2.75, 3.05) is 0 Å². The summed E-state index contributed by atoms with van der Waals surface area (Å²) in [7, 11) is 0. The van der Waals surface area contributed by atoms with Gasteiger partial charge in [0.15, 0.2) is 0 Å². The third-order valence-electron chi connectivity index (χ3n) is 2.81. The standard InChI is InChI=1S/C15H12N2O3/c1-3-9-16-10-11(2)13(18)17(15(16)20)14(19)12-7-5-4-6-8-12/h1,4-8,10H,9H2,2H3. The summed E-state index contributed by atoms with van der Waals surface area (Å²) in [5.41, 5.74) is -0.807. The molecular formula is C15H12N2O3. The van der Waals surface area contributed by atoms with Crippen molar-refractivity contribution >= 4 is 5.91 Å². The SMILES string of the molecule is C#CCn1cc(C)c(=O)n(C(=O)c2ccccc2)c1=O. The van der Waals surface area contributed by atoms with Crippen molar-refractivity contribution in [1.82, 2.24) is 9.13 Å². The molecule has 0 saturated carbocycles. The molecule has 2 aromatic rings. The largest absolute Gasteiger partial charge is 0.339 e. The molecule has 0 saturated heterocycles. The van der Waals surface area contributed by atoms with Crippen LogP contribution in [0, 0.1) is 19.3 Å². The fourth-order valence-electron chi connectivity index (χ4n) is 1.84. The molecule has 5 heteroatoms. The minimum atomic E-state index is -0.729. The van der Waals surface area contributed by atoms with Crippen LogP contribution in [-0.2, 0) is 6.54 Å². The van der Waals surface area contributed by atoms with Gasteiger partial charge in [0.25, 0.3) is 11.5 Å². The highest BCUT2D eigenvalue weighted by atomic mass is 16.2. The number of carbonyl (C=O) groups is 1. The zero-order chi connectivity index (χ0) is 14.7. The van der Waals surface area contributed by atoms with Crippen LogP contribution in [0.4, 0.5) is 0 Å². The predicted octanol–water partition coefficient (Wildman–Crippen LogP) is 0.640. The molecule has 0 radical (unpaired) electrons. The molecule has 2 rings (SSSR count). The van der Waals surface area contributed by atoms with Crippen LogP contribution in [0.25, 0.3) is 0 Å². The average Bonchev–Trinajstić information content (AvgIpc) is 2.46. The summed E-state index contributed by atoms with van der Waals surface area (Å²) in [4.78, 5) is 36.5. The fraction of sp³-hybridized carbons (Fsp3) is 0.133. The third-order valence-corrected chi connectivity index (χ3v) is 2.81. The monoisotopic (exact) mass is 268 g/mol. The van der Waals surface area contributed by atoms with Gasteiger partial charge in [0.2, 0.25) is 0 Å². The number of aromatic nitrogens is 2. The van der Waals surface area contributed by atoms with E-state index >= 15 is 0 Å². The molecule has 0 spiro atoms. The zero-order valence-electron chi connectivity index (χ0n) is 10.9. The summed E-state index contributed by atoms with van der Waals surface area (Å²) >= 11 is 0. The Kier molecular flexibility index (Phi) is 3.67. The topological polar surface area (TPSA) is 61.1 Å². The number of carbonyl (C=O) groups excluding carboxylic acids is 1. The van der Waals surface area contributed by atoms with Gasteiger partial charge in [-0.2, -0.15) is 4.57 Å². The van der Waals surface area contributed by atoms with E-state index in [0.29, 0.717) is 4.57 Å². The Morgan fingerprint density at radius 2 is 1.90 bits per heavy atom. The maximum Gasteiger partial charge on any atom is 0.339 e. The van der Waals surface area contributed by atoms with Crippen LogP contribution in [0.1, 0.15) is 15.9 Å². The Hall–Kier alpha value is -2.87. The van der Waals surface area contributed by atoms with Crippen LogP contribution in [0.5, 0.6) is 0 Å². The molecule has 0 atom stereocenters. The van der Waals surface area contributed by atoms with Crippen molar-refractivity contribution in [3.63, 3.8) is 0 Å². The molecule has 0 amide bonds. The Labute approximate surface area is 115 Å². The van der Waals surface area contributed by atoms with Crippen LogP contribution in [-0.4, -0.2) is 15.0 Å². The first-order valence-corrected chi connectivity index (χ1v) is 5.92. The normalized spacial score (nSPS) is 10.0. The van der Waals surface area contributed by atoms with E-state index in [1.54, 1.807) is 30.3 Å². The lowest BCUT2D eigenvalue weighted by Crippen LogP contribution is -2.44. The van der Waals surface area contributed by atoms with Gasteiger partial charge >= 0.3 is 5.69 Å². The molecule has 20 heavy (non-hydrogen) atoms. The summed E-state index contributed by atoms with van der Waals surface area (Å²) in [5, 5.41) is 0. The van der Waals surface area contributed by atoms with Crippen molar-refractivity contribution in [3.8, 4) is 12.3 Å². The number of rotatable bonds is 2. The van der Waals surface area contributed by atoms with Gasteiger partial charge in [0, 0.05) is 17.3 Å². The first-order valence-electron chi connectivity index (χ1n) is 5.92. The van der Waals surface area contributed by atoms with Gasteiger partial charge in [-0.05, 0) is 19.1 Å². The summed E-state index contributed by atoms with van der Waals surface area (Å²) in [6.45, 7) is 1.53. The van der Waals surface area contributed by atoms with Crippen LogP contribution < -0.4 is 11.2 Å². The number of hydrogen-bond acceptors (Lipinski definition) is 3. The van der Waals surface area contributed by atoms with Gasteiger partial charge in [-0.25, -0.2) is 4.79 Å². The highest BCUT2D eigenvalue weighted by Gasteiger charge is 2.16. The number of hydrogen-bond donors (Lipinski definition) is 0. The van der Waals surface area contributed by atoms with E-state index in [4.69, 9.17) is 6.42 Å². The number of nitrogens with zero attached hydrogens (tertiary/aromatic N) is 2. The van der Waals surface area contributed by atoms with Crippen molar-refractivity contribution in [3.05, 3.63) is 68.5 Å². The fourth-order valence-corrected chi connectivity index (χ4v) is 1.84. The molecule has 0 bridgehead atoms. The maximum atomic E-state index is 12.3. The second-order valence-electron chi connectivity index (χ2n) is 4.24. The highest BCUT2D eigenvalue weighted by molar-refractivity contribution is 5.95. The predicted molar refractivity (Wildman–Crippen MR) is 74.7 cm³/mol. The summed E-state index contributed by atoms with van der Waals surface area (Å²) in [6.07, 6.45) is 6.53. The number of terminal acetylenes is 1. The Morgan fingerprint density at radius 1 is 1.25 bits per heavy atom. The van der Waals surface area contributed by atoms with E-state index in [1.807, 2.05) is 0 Å². The van der Waals surface area contributed by atoms with Gasteiger partial charge in [-0.3, -0.25) is 14.2 Å². The number of aryl methyl sites for hydroxylation is 1. The lowest BCUT2D eigenvalue weighted by atomic mass is 10.2. The van der Waals surface area contributed by atoms with E-state index in [1.165, 1.54) is 13.1 Å². The Bertz CT molecular complexity index is 808. The molecule has 1 aromatic heterocycles. The van der Waals surface area contributed by atoms with Crippen molar-refractivity contribution in [1.29, 1.82) is 0 Å². The molecule has 0 aliphatic rings. The molecule has 0 N–H and O–H groups in total. The lowest BCUT2D eigenvalue weighted by molar-refractivity contribution is 0.0948. The van der Waals surface area contributed by atoms with Crippen molar-refractivity contribution < 1.29 is 4.79 Å². The van der Waals surface area contributed by atoms with Gasteiger partial charge in [0.05, 0.1) is 6.54 Å². The van der Waals surface area contributed by atoms with Crippen LogP contribution in [0.2, 0.25) is 0 Å². The molecule has 0 aliphatic carbocycles. The lowest BCUT2D eigenvalue weighted by Gasteiger charge is -2.08. The van der Waals surface area contributed by atoms with Crippen LogP contribution in [0.3, 0.4) is 0 Å². The molecule has 0 unspecified atom stereocenters. The van der Waals surface area contributed by atoms with E-state index in [9.17, 15) is 14.4 Å². The first-order chi connectivity index (χ1) is 9.56. The second-order valence-corrected chi connectivity index (χ2v) is 4.24. The molecule has 100 valence electrons. The van der Waals surface area contributed by atoms with Crippen molar-refractivity contribution in [2.45, 2.75) is 13.5 Å². The van der Waals surface area contributed by atoms with Gasteiger partial charge < -0.3 is 0 Å². The second kappa shape index (κ2) is 5.41. The molecule has 0 aliphatic heterocycles. The minimum Gasteiger partial charge on any atom is -0.288 e. The van der Waals surface area contributed by atoms with Crippen LogP contribution >= 0.6 is 0 Å². The smallest absolute Gasteiger partial charge is 0.288 e. The van der Waals surface area contributed by atoms with Gasteiger partial charge in [-0.1, -0.05) is 24.1 Å². The Morgan fingerprint density at radius 3 is 2.50 bits per heavy atom. The summed E-state index contributed by atoms with van der Waals surface area (Å²) in [5.74, 6) is 1.66. The zero-order valence-corrected chi connectivity index (χ0v) is 10.9. The van der Waals surface area contributed by atoms with E-state index in [0.717, 1.165) is 4.57 Å². The third kappa shape index (κ3) is 2.31.